The van der Waals surface area contributed by atoms with Crippen molar-refractivity contribution in [3.05, 3.63) is 17.5 Å². The number of hydrogen-bond donors (Lipinski definition) is 0. The first kappa shape index (κ1) is 10.0. The molecule has 1 aromatic rings. The number of hydrogen-bond acceptors (Lipinski definition) is 4. The van der Waals surface area contributed by atoms with Gasteiger partial charge in [0.15, 0.2) is 0 Å². The predicted molar refractivity (Wildman–Crippen MR) is 50.4 cm³/mol. The van der Waals surface area contributed by atoms with Crippen LogP contribution in [0.4, 0.5) is 0 Å². The standard InChI is InChI=1S/C10H9N3O/c1-3-4-5-14-10-12-8(2)6-9(7-11)13-10/h1,6H,4-5H2,2H3. The molecule has 70 valence electrons. The molecule has 0 aliphatic heterocycles. The average molecular weight is 187 g/mol. The molecule has 0 bridgehead atoms. The second kappa shape index (κ2) is 4.84. The van der Waals surface area contributed by atoms with Crippen LogP contribution in [0.3, 0.4) is 0 Å². The van der Waals surface area contributed by atoms with Crippen molar-refractivity contribution in [1.82, 2.24) is 9.97 Å². The molecule has 0 aromatic carbocycles. The Kier molecular flexibility index (Phi) is 3.46. The molecule has 0 atom stereocenters. The number of rotatable bonds is 3. The Balaban J connectivity index is 2.74. The van der Waals surface area contributed by atoms with Crippen LogP contribution in [0.5, 0.6) is 6.01 Å². The van der Waals surface area contributed by atoms with E-state index in [1.54, 1.807) is 13.0 Å². The smallest absolute Gasteiger partial charge is 0.317 e. The molecular weight excluding hydrogens is 178 g/mol. The van der Waals surface area contributed by atoms with Gasteiger partial charge in [0.25, 0.3) is 0 Å². The van der Waals surface area contributed by atoms with Crippen molar-refractivity contribution in [3.8, 4) is 24.4 Å². The van der Waals surface area contributed by atoms with Gasteiger partial charge in [0, 0.05) is 12.1 Å². The van der Waals surface area contributed by atoms with Gasteiger partial charge in [-0.25, -0.2) is 4.98 Å². The SMILES string of the molecule is C#CCCOc1nc(C)cc(C#N)n1. The molecule has 0 aliphatic rings. The summed E-state index contributed by atoms with van der Waals surface area (Å²) in [6, 6.07) is 3.72. The molecule has 0 spiro atoms. The van der Waals surface area contributed by atoms with Crippen molar-refractivity contribution < 1.29 is 4.74 Å². The van der Waals surface area contributed by atoms with E-state index < -0.39 is 0 Å². The van der Waals surface area contributed by atoms with E-state index in [0.717, 1.165) is 0 Å². The molecule has 1 heterocycles. The summed E-state index contributed by atoms with van der Waals surface area (Å²) >= 11 is 0. The molecule has 4 heteroatoms. The molecule has 4 nitrogen and oxygen atoms in total. The third-order valence-corrected chi connectivity index (χ3v) is 1.43. The Labute approximate surface area is 82.6 Å². The Morgan fingerprint density at radius 2 is 2.36 bits per heavy atom. The molecule has 14 heavy (non-hydrogen) atoms. The topological polar surface area (TPSA) is 58.8 Å². The third kappa shape index (κ3) is 2.76. The Bertz CT molecular complexity index is 401. The maximum absolute atomic E-state index is 8.63. The van der Waals surface area contributed by atoms with E-state index in [1.165, 1.54) is 0 Å². The molecule has 0 aliphatic carbocycles. The number of nitrogens with zero attached hydrogens (tertiary/aromatic N) is 3. The zero-order chi connectivity index (χ0) is 10.4. The Morgan fingerprint density at radius 3 is 3.00 bits per heavy atom. The van der Waals surface area contributed by atoms with Crippen LogP contribution in [0, 0.1) is 30.6 Å². The summed E-state index contributed by atoms with van der Waals surface area (Å²) in [6.07, 6.45) is 5.55. The molecule has 0 fully saturated rings. The molecule has 1 rings (SSSR count). The number of nitriles is 1. The molecule has 0 saturated heterocycles. The predicted octanol–water partition coefficient (Wildman–Crippen LogP) is 1.06. The molecule has 0 N–H and O–H groups in total. The maximum Gasteiger partial charge on any atom is 0.317 e. The van der Waals surface area contributed by atoms with E-state index >= 15 is 0 Å². The first-order valence-corrected chi connectivity index (χ1v) is 4.08. The van der Waals surface area contributed by atoms with Gasteiger partial charge in [-0.05, 0) is 13.0 Å². The van der Waals surface area contributed by atoms with Crippen LogP contribution in [-0.4, -0.2) is 16.6 Å². The monoisotopic (exact) mass is 187 g/mol. The van der Waals surface area contributed by atoms with Crippen molar-refractivity contribution in [2.24, 2.45) is 0 Å². The van der Waals surface area contributed by atoms with Gasteiger partial charge in [-0.2, -0.15) is 10.2 Å². The van der Waals surface area contributed by atoms with Crippen molar-refractivity contribution in [2.75, 3.05) is 6.61 Å². The maximum atomic E-state index is 8.63. The highest BCUT2D eigenvalue weighted by Gasteiger charge is 2.01. The number of terminal acetylenes is 1. The van der Waals surface area contributed by atoms with Crippen LogP contribution in [0.2, 0.25) is 0 Å². The van der Waals surface area contributed by atoms with E-state index in [1.807, 2.05) is 6.07 Å². The zero-order valence-electron chi connectivity index (χ0n) is 7.82. The quantitative estimate of drug-likeness (QED) is 0.524. The lowest BCUT2D eigenvalue weighted by atomic mass is 10.3. The highest BCUT2D eigenvalue weighted by molar-refractivity contribution is 5.23. The third-order valence-electron chi connectivity index (χ3n) is 1.43. The fraction of sp³-hybridized carbons (Fsp3) is 0.300. The van der Waals surface area contributed by atoms with E-state index in [9.17, 15) is 0 Å². The Morgan fingerprint density at radius 1 is 1.57 bits per heavy atom. The molecule has 0 amide bonds. The van der Waals surface area contributed by atoms with E-state index in [4.69, 9.17) is 16.4 Å². The van der Waals surface area contributed by atoms with Crippen LogP contribution < -0.4 is 4.74 Å². The molecular formula is C10H9N3O. The van der Waals surface area contributed by atoms with Crippen LogP contribution in [-0.2, 0) is 0 Å². The minimum atomic E-state index is 0.205. The van der Waals surface area contributed by atoms with Crippen LogP contribution >= 0.6 is 0 Å². The van der Waals surface area contributed by atoms with Crippen molar-refractivity contribution in [3.63, 3.8) is 0 Å². The van der Waals surface area contributed by atoms with Gasteiger partial charge in [0.05, 0.1) is 0 Å². The van der Waals surface area contributed by atoms with Gasteiger partial charge < -0.3 is 4.74 Å². The van der Waals surface area contributed by atoms with E-state index in [0.29, 0.717) is 24.4 Å². The first-order valence-electron chi connectivity index (χ1n) is 4.08. The van der Waals surface area contributed by atoms with Crippen LogP contribution in [0.1, 0.15) is 17.8 Å². The molecule has 0 radical (unpaired) electrons. The largest absolute Gasteiger partial charge is 0.462 e. The lowest BCUT2D eigenvalue weighted by molar-refractivity contribution is 0.300. The van der Waals surface area contributed by atoms with Crippen molar-refractivity contribution >= 4 is 0 Å². The first-order chi connectivity index (χ1) is 6.76. The minimum Gasteiger partial charge on any atom is -0.462 e. The number of ether oxygens (including phenoxy) is 1. The van der Waals surface area contributed by atoms with Gasteiger partial charge in [0.1, 0.15) is 18.4 Å². The number of aryl methyl sites for hydroxylation is 1. The lowest BCUT2D eigenvalue weighted by Crippen LogP contribution is -2.02. The van der Waals surface area contributed by atoms with Gasteiger partial charge in [-0.3, -0.25) is 0 Å². The minimum absolute atomic E-state index is 0.205. The number of aromatic nitrogens is 2. The lowest BCUT2D eigenvalue weighted by Gasteiger charge is -2.02. The summed E-state index contributed by atoms with van der Waals surface area (Å²) < 4.78 is 5.15. The van der Waals surface area contributed by atoms with Crippen molar-refractivity contribution in [2.45, 2.75) is 13.3 Å². The highest BCUT2D eigenvalue weighted by atomic mass is 16.5. The van der Waals surface area contributed by atoms with E-state index in [-0.39, 0.29) is 6.01 Å². The fourth-order valence-electron chi connectivity index (χ4n) is 0.864. The second-order valence-corrected chi connectivity index (χ2v) is 2.59. The van der Waals surface area contributed by atoms with E-state index in [2.05, 4.69) is 15.9 Å². The second-order valence-electron chi connectivity index (χ2n) is 2.59. The summed E-state index contributed by atoms with van der Waals surface area (Å²) in [5.74, 6) is 2.44. The average Bonchev–Trinajstić information content (AvgIpc) is 2.17. The Hall–Kier alpha value is -2.07. The van der Waals surface area contributed by atoms with Crippen LogP contribution in [0.25, 0.3) is 0 Å². The van der Waals surface area contributed by atoms with Gasteiger partial charge in [-0.15, -0.1) is 12.3 Å². The summed E-state index contributed by atoms with van der Waals surface area (Å²) in [5, 5.41) is 8.63. The van der Waals surface area contributed by atoms with Crippen LogP contribution in [0.15, 0.2) is 6.07 Å². The summed E-state index contributed by atoms with van der Waals surface area (Å²) in [7, 11) is 0. The van der Waals surface area contributed by atoms with Gasteiger partial charge in [-0.1, -0.05) is 0 Å². The summed E-state index contributed by atoms with van der Waals surface area (Å²) in [5.41, 5.74) is 1.00. The fourth-order valence-corrected chi connectivity index (χ4v) is 0.864. The van der Waals surface area contributed by atoms with Gasteiger partial charge in [0.2, 0.25) is 0 Å². The molecule has 0 saturated carbocycles. The zero-order valence-corrected chi connectivity index (χ0v) is 7.82. The van der Waals surface area contributed by atoms with Gasteiger partial charge >= 0.3 is 6.01 Å². The summed E-state index contributed by atoms with van der Waals surface area (Å²) in [4.78, 5) is 7.86. The molecule has 0 unspecified atom stereocenters. The summed E-state index contributed by atoms with van der Waals surface area (Å²) in [6.45, 7) is 2.14. The molecule has 1 aromatic heterocycles. The normalized spacial score (nSPS) is 8.79. The highest BCUT2D eigenvalue weighted by Crippen LogP contribution is 2.06. The van der Waals surface area contributed by atoms with Crippen molar-refractivity contribution in [1.29, 1.82) is 5.26 Å².